The second-order valence-electron chi connectivity index (χ2n) is 4.34. The SMILES string of the molecule is CCOC(=O)C1=S(c2ccccc2)CCCCC1=O. The smallest absolute Gasteiger partial charge is 0.347 e. The molecule has 1 aromatic rings. The summed E-state index contributed by atoms with van der Waals surface area (Å²) in [6.07, 6.45) is 2.30. The Morgan fingerprint density at radius 2 is 2.00 bits per heavy atom. The van der Waals surface area contributed by atoms with Gasteiger partial charge in [0.2, 0.25) is 0 Å². The standard InChI is InChI=1S/C15H18O3S/c1-2-18-15(17)14-13(16)10-6-7-11-19(14)12-8-4-3-5-9-12/h3-5,8-9H,2,6-7,10-11H2,1H3. The van der Waals surface area contributed by atoms with Crippen LogP contribution in [0.2, 0.25) is 0 Å². The third-order valence-corrected chi connectivity index (χ3v) is 5.42. The normalized spacial score (nSPS) is 19.9. The first-order valence-corrected chi connectivity index (χ1v) is 7.96. The zero-order chi connectivity index (χ0) is 13.7. The molecule has 0 saturated heterocycles. The largest absolute Gasteiger partial charge is 0.462 e. The summed E-state index contributed by atoms with van der Waals surface area (Å²) in [6, 6.07) is 9.80. The van der Waals surface area contributed by atoms with Crippen LogP contribution in [0.5, 0.6) is 0 Å². The number of carbonyl (C=O) groups is 2. The van der Waals surface area contributed by atoms with E-state index in [1.54, 1.807) is 6.92 Å². The summed E-state index contributed by atoms with van der Waals surface area (Å²) in [5.41, 5.74) is 0. The molecular formula is C15H18O3S. The van der Waals surface area contributed by atoms with E-state index in [0.29, 0.717) is 17.9 Å². The van der Waals surface area contributed by atoms with Gasteiger partial charge in [0.1, 0.15) is 4.86 Å². The lowest BCUT2D eigenvalue weighted by Crippen LogP contribution is -2.26. The third-order valence-electron chi connectivity index (χ3n) is 2.99. The van der Waals surface area contributed by atoms with E-state index in [-0.39, 0.29) is 5.78 Å². The van der Waals surface area contributed by atoms with Crippen LogP contribution in [0.3, 0.4) is 0 Å². The highest BCUT2D eigenvalue weighted by Gasteiger charge is 2.26. The van der Waals surface area contributed by atoms with Crippen LogP contribution in [-0.2, 0) is 14.3 Å². The molecule has 1 atom stereocenters. The number of hydrogen-bond acceptors (Lipinski definition) is 3. The third kappa shape index (κ3) is 3.32. The van der Waals surface area contributed by atoms with Crippen molar-refractivity contribution >= 4 is 27.1 Å². The van der Waals surface area contributed by atoms with Crippen molar-refractivity contribution in [2.45, 2.75) is 31.1 Å². The molecule has 0 spiro atoms. The molecule has 0 aromatic heterocycles. The summed E-state index contributed by atoms with van der Waals surface area (Å²) < 4.78 is 5.07. The molecule has 102 valence electrons. The number of esters is 1. The molecule has 4 heteroatoms. The predicted octanol–water partition coefficient (Wildman–Crippen LogP) is 2.80. The van der Waals surface area contributed by atoms with Crippen LogP contribution in [0.25, 0.3) is 0 Å². The number of rotatable bonds is 3. The van der Waals surface area contributed by atoms with Crippen LogP contribution in [0, 0.1) is 0 Å². The molecule has 0 aliphatic carbocycles. The fourth-order valence-corrected chi connectivity index (χ4v) is 4.41. The first kappa shape index (κ1) is 14.0. The maximum Gasteiger partial charge on any atom is 0.347 e. The summed E-state index contributed by atoms with van der Waals surface area (Å²) in [5, 5.41) is 0. The average Bonchev–Trinajstić information content (AvgIpc) is 2.62. The summed E-state index contributed by atoms with van der Waals surface area (Å²) in [4.78, 5) is 25.7. The monoisotopic (exact) mass is 278 g/mol. The number of ether oxygens (including phenoxy) is 1. The number of Topliss-reactive ketones (excluding diaryl/α,β-unsaturated/α-hetero) is 1. The van der Waals surface area contributed by atoms with Gasteiger partial charge in [0.05, 0.1) is 6.61 Å². The van der Waals surface area contributed by atoms with Crippen LogP contribution in [0.15, 0.2) is 35.2 Å². The fraction of sp³-hybridized carbons (Fsp3) is 0.400. The molecule has 1 aliphatic rings. The van der Waals surface area contributed by atoms with Gasteiger partial charge in [-0.3, -0.25) is 4.79 Å². The minimum absolute atomic E-state index is 0.0388. The van der Waals surface area contributed by atoms with Gasteiger partial charge in [-0.2, -0.15) is 0 Å². The van der Waals surface area contributed by atoms with E-state index >= 15 is 0 Å². The lowest BCUT2D eigenvalue weighted by molar-refractivity contribution is -0.135. The second-order valence-corrected chi connectivity index (χ2v) is 6.41. The van der Waals surface area contributed by atoms with Crippen molar-refractivity contribution in [2.75, 3.05) is 12.4 Å². The summed E-state index contributed by atoms with van der Waals surface area (Å²) in [5.74, 6) is 0.397. The molecule has 0 radical (unpaired) electrons. The van der Waals surface area contributed by atoms with E-state index in [1.807, 2.05) is 30.3 Å². The number of carbonyl (C=O) groups excluding carboxylic acids is 2. The molecule has 0 saturated carbocycles. The van der Waals surface area contributed by atoms with Gasteiger partial charge in [-0.25, -0.2) is 4.79 Å². The number of hydrogen-bond donors (Lipinski definition) is 0. The van der Waals surface area contributed by atoms with Gasteiger partial charge in [0.15, 0.2) is 5.78 Å². The Balaban J connectivity index is 2.49. The lowest BCUT2D eigenvalue weighted by Gasteiger charge is -2.12. The number of benzene rings is 1. The van der Waals surface area contributed by atoms with Crippen molar-refractivity contribution in [2.24, 2.45) is 0 Å². The lowest BCUT2D eigenvalue weighted by atomic mass is 10.1. The minimum atomic E-state index is -0.432. The quantitative estimate of drug-likeness (QED) is 0.631. The molecule has 0 fully saturated rings. The highest BCUT2D eigenvalue weighted by atomic mass is 32.2. The van der Waals surface area contributed by atoms with E-state index in [9.17, 15) is 9.59 Å². The van der Waals surface area contributed by atoms with Gasteiger partial charge < -0.3 is 4.74 Å². The summed E-state index contributed by atoms with van der Waals surface area (Å²) >= 11 is 0. The highest BCUT2D eigenvalue weighted by molar-refractivity contribution is 8.18. The van der Waals surface area contributed by atoms with Crippen molar-refractivity contribution in [1.29, 1.82) is 0 Å². The maximum atomic E-state index is 12.2. The Kier molecular flexibility index (Phi) is 4.91. The topological polar surface area (TPSA) is 43.4 Å². The Bertz CT molecular complexity index is 505. The molecule has 1 aliphatic heterocycles. The Morgan fingerprint density at radius 3 is 2.68 bits per heavy atom. The molecule has 1 heterocycles. The fourth-order valence-electron chi connectivity index (χ4n) is 2.12. The Labute approximate surface area is 115 Å². The Morgan fingerprint density at radius 1 is 1.26 bits per heavy atom. The van der Waals surface area contributed by atoms with Gasteiger partial charge in [0.25, 0.3) is 0 Å². The highest BCUT2D eigenvalue weighted by Crippen LogP contribution is 2.32. The summed E-state index contributed by atoms with van der Waals surface area (Å²) in [6.45, 7) is 2.07. The van der Waals surface area contributed by atoms with E-state index < -0.39 is 16.5 Å². The molecule has 1 unspecified atom stereocenters. The molecule has 1 aromatic carbocycles. The van der Waals surface area contributed by atoms with Crippen LogP contribution < -0.4 is 0 Å². The van der Waals surface area contributed by atoms with E-state index in [4.69, 9.17) is 4.74 Å². The second kappa shape index (κ2) is 6.66. The van der Waals surface area contributed by atoms with Crippen LogP contribution in [0.4, 0.5) is 0 Å². The van der Waals surface area contributed by atoms with E-state index in [2.05, 4.69) is 0 Å². The van der Waals surface area contributed by atoms with Crippen LogP contribution in [-0.4, -0.2) is 29.0 Å². The summed E-state index contributed by atoms with van der Waals surface area (Å²) in [7, 11) is -0.432. The number of ketones is 1. The molecule has 3 nitrogen and oxygen atoms in total. The molecular weight excluding hydrogens is 260 g/mol. The maximum absolute atomic E-state index is 12.2. The molecule has 0 bridgehead atoms. The van der Waals surface area contributed by atoms with E-state index in [1.165, 1.54) is 0 Å². The predicted molar refractivity (Wildman–Crippen MR) is 77.7 cm³/mol. The first-order chi connectivity index (χ1) is 9.24. The van der Waals surface area contributed by atoms with Gasteiger partial charge in [0, 0.05) is 11.3 Å². The van der Waals surface area contributed by atoms with Crippen molar-refractivity contribution in [1.82, 2.24) is 0 Å². The van der Waals surface area contributed by atoms with Crippen LogP contribution in [0.1, 0.15) is 26.2 Å². The van der Waals surface area contributed by atoms with Crippen molar-refractivity contribution < 1.29 is 14.3 Å². The average molecular weight is 278 g/mol. The van der Waals surface area contributed by atoms with Crippen molar-refractivity contribution in [3.63, 3.8) is 0 Å². The van der Waals surface area contributed by atoms with Gasteiger partial charge in [-0.15, -0.1) is 10.5 Å². The van der Waals surface area contributed by atoms with Crippen LogP contribution >= 0.6 is 10.5 Å². The van der Waals surface area contributed by atoms with Crippen molar-refractivity contribution in [3.05, 3.63) is 30.3 Å². The van der Waals surface area contributed by atoms with E-state index in [0.717, 1.165) is 23.5 Å². The zero-order valence-electron chi connectivity index (χ0n) is 11.1. The van der Waals surface area contributed by atoms with Gasteiger partial charge in [-0.05, 0) is 37.7 Å². The van der Waals surface area contributed by atoms with Gasteiger partial charge in [-0.1, -0.05) is 18.2 Å². The van der Waals surface area contributed by atoms with Crippen molar-refractivity contribution in [3.8, 4) is 0 Å². The zero-order valence-corrected chi connectivity index (χ0v) is 11.9. The molecule has 2 rings (SSSR count). The van der Waals surface area contributed by atoms with Gasteiger partial charge >= 0.3 is 5.97 Å². The minimum Gasteiger partial charge on any atom is -0.462 e. The molecule has 19 heavy (non-hydrogen) atoms. The molecule has 0 N–H and O–H groups in total. The Hall–Kier alpha value is -1.42. The molecule has 0 amide bonds. The first-order valence-electron chi connectivity index (χ1n) is 6.57.